The van der Waals surface area contributed by atoms with Crippen LogP contribution in [-0.4, -0.2) is 39.4 Å². The van der Waals surface area contributed by atoms with Crippen molar-refractivity contribution in [3.8, 4) is 11.6 Å². The number of carbonyl (C=O) groups excluding carboxylic acids is 1. The Kier molecular flexibility index (Phi) is 8.44. The van der Waals surface area contributed by atoms with Gasteiger partial charge >= 0.3 is 12.4 Å². The molecule has 8 nitrogen and oxygen atoms in total. The number of carbonyl (C=O) groups is 1. The molecule has 1 fully saturated rings. The summed E-state index contributed by atoms with van der Waals surface area (Å²) in [5.41, 5.74) is -2.61. The molecule has 0 atom stereocenters. The summed E-state index contributed by atoms with van der Waals surface area (Å²) in [6, 6.07) is 9.02. The van der Waals surface area contributed by atoms with E-state index < -0.39 is 53.7 Å². The van der Waals surface area contributed by atoms with E-state index in [0.29, 0.717) is 12.1 Å². The van der Waals surface area contributed by atoms with Gasteiger partial charge in [0.25, 0.3) is 5.89 Å². The summed E-state index contributed by atoms with van der Waals surface area (Å²) in [5, 5.41) is 19.5. The number of anilines is 1. The minimum absolute atomic E-state index is 0.0204. The van der Waals surface area contributed by atoms with Crippen LogP contribution in [0.2, 0.25) is 0 Å². The summed E-state index contributed by atoms with van der Waals surface area (Å²) in [7, 11) is 0. The lowest BCUT2D eigenvalue weighted by Crippen LogP contribution is -2.32. The SMILES string of the molecule is O=C(Cc1ccc(C(F)(F)F)cc1C(F)(F)F)N(Cc1nnc(-c2ccc(C3CCNCC3)nn2)o1)c1ccc(F)cc1. The van der Waals surface area contributed by atoms with Gasteiger partial charge in [0.05, 0.1) is 23.2 Å². The lowest BCUT2D eigenvalue weighted by molar-refractivity contribution is -0.143. The molecule has 2 aromatic heterocycles. The first-order valence-corrected chi connectivity index (χ1v) is 13.1. The molecule has 0 radical (unpaired) electrons. The summed E-state index contributed by atoms with van der Waals surface area (Å²) >= 11 is 0. The summed E-state index contributed by atoms with van der Waals surface area (Å²) in [6.45, 7) is 1.32. The highest BCUT2D eigenvalue weighted by Crippen LogP contribution is 2.38. The van der Waals surface area contributed by atoms with Crippen molar-refractivity contribution in [2.24, 2.45) is 0 Å². The average molecular weight is 609 g/mol. The van der Waals surface area contributed by atoms with Crippen molar-refractivity contribution in [2.75, 3.05) is 18.0 Å². The fraction of sp³-hybridized carbons (Fsp3) is 0.321. The molecule has 4 aromatic rings. The van der Waals surface area contributed by atoms with Crippen LogP contribution in [0.4, 0.5) is 36.4 Å². The van der Waals surface area contributed by atoms with Gasteiger partial charge in [0, 0.05) is 11.6 Å². The first-order chi connectivity index (χ1) is 20.4. The van der Waals surface area contributed by atoms with E-state index in [1.807, 2.05) is 0 Å². The van der Waals surface area contributed by atoms with E-state index in [9.17, 15) is 35.5 Å². The predicted octanol–water partition coefficient (Wildman–Crippen LogP) is 5.95. The fourth-order valence-corrected chi connectivity index (χ4v) is 4.72. The molecule has 1 N–H and O–H groups in total. The van der Waals surface area contributed by atoms with Gasteiger partial charge in [0.1, 0.15) is 18.1 Å². The Morgan fingerprint density at radius 1 is 0.884 bits per heavy atom. The van der Waals surface area contributed by atoms with Gasteiger partial charge in [-0.05, 0) is 80.0 Å². The van der Waals surface area contributed by atoms with Crippen LogP contribution in [0.5, 0.6) is 0 Å². The molecule has 3 heterocycles. The van der Waals surface area contributed by atoms with Gasteiger partial charge in [-0.25, -0.2) is 4.39 Å². The smallest absolute Gasteiger partial charge is 0.416 e. The molecular weight excluding hydrogens is 585 g/mol. The molecule has 43 heavy (non-hydrogen) atoms. The van der Waals surface area contributed by atoms with Crippen molar-refractivity contribution in [2.45, 2.75) is 44.1 Å². The van der Waals surface area contributed by atoms with E-state index in [2.05, 4.69) is 25.7 Å². The van der Waals surface area contributed by atoms with Crippen molar-refractivity contribution in [3.05, 3.63) is 88.7 Å². The summed E-state index contributed by atoms with van der Waals surface area (Å²) in [5.74, 6) is -1.46. The van der Waals surface area contributed by atoms with Gasteiger partial charge < -0.3 is 14.6 Å². The first kappa shape index (κ1) is 30.1. The number of nitrogens with zero attached hydrogens (tertiary/aromatic N) is 5. The molecule has 2 aromatic carbocycles. The highest BCUT2D eigenvalue weighted by molar-refractivity contribution is 5.94. The second kappa shape index (κ2) is 12.1. The minimum atomic E-state index is -5.16. The quantitative estimate of drug-likeness (QED) is 0.259. The number of alkyl halides is 6. The van der Waals surface area contributed by atoms with Crippen molar-refractivity contribution < 1.29 is 39.9 Å². The Morgan fingerprint density at radius 2 is 1.60 bits per heavy atom. The van der Waals surface area contributed by atoms with Gasteiger partial charge in [0.2, 0.25) is 11.8 Å². The maximum atomic E-state index is 13.7. The number of amides is 1. The van der Waals surface area contributed by atoms with Crippen LogP contribution in [0.1, 0.15) is 47.0 Å². The standard InChI is InChI=1S/C28H23F7N6O2/c29-19-3-5-20(6-4-19)41(25(42)13-17-1-2-18(27(30,31)32)14-21(17)28(33,34)35)15-24-39-40-26(43-24)23-8-7-22(37-38-23)16-9-11-36-12-10-16/h1-8,14,16,36H,9-13,15H2. The Hall–Kier alpha value is -4.40. The van der Waals surface area contributed by atoms with Crippen molar-refractivity contribution >= 4 is 11.6 Å². The van der Waals surface area contributed by atoms with E-state index >= 15 is 0 Å². The third-order valence-corrected chi connectivity index (χ3v) is 6.95. The third kappa shape index (κ3) is 7.16. The molecule has 0 aliphatic carbocycles. The zero-order chi connectivity index (χ0) is 30.8. The molecule has 1 aliphatic rings. The zero-order valence-electron chi connectivity index (χ0n) is 22.2. The maximum Gasteiger partial charge on any atom is 0.416 e. The van der Waals surface area contributed by atoms with Crippen molar-refractivity contribution in [1.29, 1.82) is 0 Å². The fourth-order valence-electron chi connectivity index (χ4n) is 4.72. The van der Waals surface area contributed by atoms with Gasteiger partial charge in [0.15, 0.2) is 0 Å². The van der Waals surface area contributed by atoms with E-state index in [1.54, 1.807) is 12.1 Å². The highest BCUT2D eigenvalue weighted by Gasteiger charge is 2.38. The lowest BCUT2D eigenvalue weighted by atomic mass is 9.94. The summed E-state index contributed by atoms with van der Waals surface area (Å²) < 4.78 is 99.6. The van der Waals surface area contributed by atoms with Gasteiger partial charge in [-0.15, -0.1) is 15.3 Å². The van der Waals surface area contributed by atoms with E-state index in [1.165, 1.54) is 12.1 Å². The molecule has 5 rings (SSSR count). The largest absolute Gasteiger partial charge is 0.417 e. The van der Waals surface area contributed by atoms with Gasteiger partial charge in [-0.3, -0.25) is 4.79 Å². The Labute approximate surface area is 239 Å². The van der Waals surface area contributed by atoms with Crippen LogP contribution in [0.3, 0.4) is 0 Å². The molecule has 226 valence electrons. The number of aromatic nitrogens is 4. The number of piperidine rings is 1. The van der Waals surface area contributed by atoms with Crippen LogP contribution in [0, 0.1) is 5.82 Å². The molecule has 1 amide bonds. The first-order valence-electron chi connectivity index (χ1n) is 13.1. The number of nitrogens with one attached hydrogen (secondary N) is 1. The monoisotopic (exact) mass is 608 g/mol. The Morgan fingerprint density at radius 3 is 2.23 bits per heavy atom. The molecule has 1 saturated heterocycles. The zero-order valence-corrected chi connectivity index (χ0v) is 22.2. The van der Waals surface area contributed by atoms with E-state index in [-0.39, 0.29) is 35.1 Å². The molecule has 1 aliphatic heterocycles. The second-order valence-corrected chi connectivity index (χ2v) is 9.87. The number of benzene rings is 2. The molecular formula is C28H23F7N6O2. The topological polar surface area (TPSA) is 97.0 Å². The normalized spacial score (nSPS) is 14.6. The van der Waals surface area contributed by atoms with Gasteiger partial charge in [-0.2, -0.15) is 31.4 Å². The number of hydrogen-bond donors (Lipinski definition) is 1. The summed E-state index contributed by atoms with van der Waals surface area (Å²) in [6.07, 6.45) is -9.26. The van der Waals surface area contributed by atoms with E-state index in [4.69, 9.17) is 4.42 Å². The number of halogens is 7. The predicted molar refractivity (Wildman–Crippen MR) is 138 cm³/mol. The van der Waals surface area contributed by atoms with Crippen molar-refractivity contribution in [1.82, 2.24) is 25.7 Å². The van der Waals surface area contributed by atoms with Crippen LogP contribution in [-0.2, 0) is 30.1 Å². The lowest BCUT2D eigenvalue weighted by Gasteiger charge is -2.23. The van der Waals surface area contributed by atoms with Crippen molar-refractivity contribution in [3.63, 3.8) is 0 Å². The van der Waals surface area contributed by atoms with Crippen LogP contribution in [0.15, 0.2) is 59.0 Å². The Bertz CT molecular complexity index is 1560. The molecule has 0 bridgehead atoms. The third-order valence-electron chi connectivity index (χ3n) is 6.95. The van der Waals surface area contributed by atoms with E-state index in [0.717, 1.165) is 48.7 Å². The Balaban J connectivity index is 1.39. The molecule has 0 spiro atoms. The molecule has 0 saturated carbocycles. The minimum Gasteiger partial charge on any atom is -0.417 e. The number of rotatable bonds is 7. The number of hydrogen-bond acceptors (Lipinski definition) is 7. The summed E-state index contributed by atoms with van der Waals surface area (Å²) in [4.78, 5) is 14.3. The molecule has 0 unspecified atom stereocenters. The van der Waals surface area contributed by atoms with Crippen LogP contribution >= 0.6 is 0 Å². The molecule has 15 heteroatoms. The average Bonchev–Trinajstić information content (AvgIpc) is 3.45. The van der Waals surface area contributed by atoms with Crippen LogP contribution < -0.4 is 10.2 Å². The van der Waals surface area contributed by atoms with Crippen LogP contribution in [0.25, 0.3) is 11.6 Å². The highest BCUT2D eigenvalue weighted by atomic mass is 19.4. The maximum absolute atomic E-state index is 13.7. The van der Waals surface area contributed by atoms with Gasteiger partial charge in [-0.1, -0.05) is 6.07 Å². The second-order valence-electron chi connectivity index (χ2n) is 9.87.